The zero-order valence-corrected chi connectivity index (χ0v) is 22.8. The fraction of sp³-hybridized carbons (Fsp3) is 0.375. The highest BCUT2D eigenvalue weighted by Crippen LogP contribution is 2.61. The molecule has 0 aliphatic carbocycles. The zero-order chi connectivity index (χ0) is 27.9. The topological polar surface area (TPSA) is 93.2 Å². The number of hydrogen-bond acceptors (Lipinski definition) is 5. The van der Waals surface area contributed by atoms with Crippen molar-refractivity contribution in [3.8, 4) is 0 Å². The molecule has 0 saturated carbocycles. The van der Waals surface area contributed by atoms with E-state index in [1.165, 1.54) is 42.3 Å². The van der Waals surface area contributed by atoms with Gasteiger partial charge in [-0.2, -0.15) is 0 Å². The molecule has 5 rings (SSSR count). The second-order valence-corrected chi connectivity index (χ2v) is 11.4. The Morgan fingerprint density at radius 3 is 2.24 bits per heavy atom. The van der Waals surface area contributed by atoms with Gasteiger partial charge < -0.3 is 10.2 Å². The summed E-state index contributed by atoms with van der Waals surface area (Å²) < 4.78 is 30.0. The van der Waals surface area contributed by atoms with Gasteiger partial charge in [-0.05, 0) is 30.3 Å². The van der Waals surface area contributed by atoms with Crippen molar-refractivity contribution in [2.45, 2.75) is 23.9 Å². The minimum Gasteiger partial charge on any atom is -0.323 e. The SMILES string of the molecule is CN(O)C(=O)[C@@H]1[C@@H](C(=O)N(C)c2cc(Cl)cc(Cl)c2)[C@H]2CC(F)(F)CN2[C@]12C(=O)Nc1c(Cl)cc(Cl)cc12. The molecule has 0 unspecified atom stereocenters. The number of halogens is 6. The molecule has 0 aromatic heterocycles. The predicted octanol–water partition coefficient (Wildman–Crippen LogP) is 4.91. The van der Waals surface area contributed by atoms with E-state index in [-0.39, 0.29) is 42.1 Å². The van der Waals surface area contributed by atoms with E-state index in [9.17, 15) is 28.4 Å². The van der Waals surface area contributed by atoms with Crippen LogP contribution in [0.25, 0.3) is 0 Å². The number of rotatable bonds is 3. The van der Waals surface area contributed by atoms with Crippen LogP contribution in [-0.2, 0) is 19.9 Å². The maximum Gasteiger partial charge on any atom is 0.262 e. The van der Waals surface area contributed by atoms with Gasteiger partial charge in [-0.15, -0.1) is 0 Å². The molecule has 2 fully saturated rings. The van der Waals surface area contributed by atoms with E-state index in [1.807, 2.05) is 0 Å². The lowest BCUT2D eigenvalue weighted by Gasteiger charge is -2.37. The van der Waals surface area contributed by atoms with Gasteiger partial charge in [0.05, 0.1) is 29.1 Å². The van der Waals surface area contributed by atoms with E-state index in [4.69, 9.17) is 46.4 Å². The summed E-state index contributed by atoms with van der Waals surface area (Å²) in [6, 6.07) is 5.82. The molecule has 38 heavy (non-hydrogen) atoms. The van der Waals surface area contributed by atoms with E-state index in [2.05, 4.69) is 5.32 Å². The average molecular weight is 608 g/mol. The van der Waals surface area contributed by atoms with Gasteiger partial charge in [0, 0.05) is 52.9 Å². The number of anilines is 2. The molecule has 2 aromatic rings. The highest BCUT2D eigenvalue weighted by molar-refractivity contribution is 6.38. The largest absolute Gasteiger partial charge is 0.323 e. The van der Waals surface area contributed by atoms with Crippen LogP contribution in [0.2, 0.25) is 20.1 Å². The molecular weight excluding hydrogens is 588 g/mol. The third-order valence-corrected chi connectivity index (χ3v) is 8.42. The summed E-state index contributed by atoms with van der Waals surface area (Å²) in [6.45, 7) is -0.913. The number of alkyl halides is 2. The molecule has 0 bridgehead atoms. The van der Waals surface area contributed by atoms with Crippen LogP contribution < -0.4 is 10.2 Å². The van der Waals surface area contributed by atoms with Gasteiger partial charge in [0.25, 0.3) is 17.7 Å². The van der Waals surface area contributed by atoms with Gasteiger partial charge in [-0.3, -0.25) is 24.5 Å². The van der Waals surface area contributed by atoms with Gasteiger partial charge in [-0.25, -0.2) is 13.8 Å². The summed E-state index contributed by atoms with van der Waals surface area (Å²) in [6.07, 6.45) is -0.800. The lowest BCUT2D eigenvalue weighted by Crippen LogP contribution is -2.56. The number of amides is 3. The number of fused-ring (bicyclic) bond motifs is 4. The van der Waals surface area contributed by atoms with Crippen molar-refractivity contribution in [3.05, 3.63) is 56.0 Å². The molecule has 8 nitrogen and oxygen atoms in total. The Hall–Kier alpha value is -2.21. The fourth-order valence-corrected chi connectivity index (χ4v) is 7.12. The molecule has 3 amide bonds. The van der Waals surface area contributed by atoms with Crippen LogP contribution in [0.1, 0.15) is 12.0 Å². The Bertz CT molecular complexity index is 1370. The van der Waals surface area contributed by atoms with Crippen LogP contribution >= 0.6 is 46.4 Å². The zero-order valence-electron chi connectivity index (χ0n) is 19.8. The van der Waals surface area contributed by atoms with Gasteiger partial charge >= 0.3 is 0 Å². The van der Waals surface area contributed by atoms with Crippen molar-refractivity contribution in [1.82, 2.24) is 9.96 Å². The van der Waals surface area contributed by atoms with Gasteiger partial charge in [-0.1, -0.05) is 46.4 Å². The maximum atomic E-state index is 15.0. The number of nitrogens with one attached hydrogen (secondary N) is 1. The summed E-state index contributed by atoms with van der Waals surface area (Å²) in [5.74, 6) is -8.97. The van der Waals surface area contributed by atoms with Crippen LogP contribution in [0.3, 0.4) is 0 Å². The molecule has 2 aromatic carbocycles. The second kappa shape index (κ2) is 9.18. The lowest BCUT2D eigenvalue weighted by atomic mass is 9.72. The summed E-state index contributed by atoms with van der Waals surface area (Å²) in [5.41, 5.74) is -1.69. The summed E-state index contributed by atoms with van der Waals surface area (Å²) in [5, 5.41) is 13.7. The van der Waals surface area contributed by atoms with E-state index in [1.54, 1.807) is 0 Å². The van der Waals surface area contributed by atoms with Crippen LogP contribution in [0.5, 0.6) is 0 Å². The van der Waals surface area contributed by atoms with Gasteiger partial charge in [0.1, 0.15) is 5.54 Å². The minimum absolute atomic E-state index is 0.0317. The first kappa shape index (κ1) is 27.4. The van der Waals surface area contributed by atoms with Crippen LogP contribution in [0.4, 0.5) is 20.2 Å². The molecule has 2 N–H and O–H groups in total. The Labute approximate surface area is 235 Å². The quantitative estimate of drug-likeness (QED) is 0.382. The molecule has 2 saturated heterocycles. The molecule has 3 aliphatic rings. The Morgan fingerprint density at radius 2 is 1.63 bits per heavy atom. The first-order valence-corrected chi connectivity index (χ1v) is 12.9. The smallest absolute Gasteiger partial charge is 0.262 e. The van der Waals surface area contributed by atoms with E-state index in [0.717, 1.165) is 11.9 Å². The molecular formula is C24H20Cl4F2N4O4. The van der Waals surface area contributed by atoms with Gasteiger partial charge in [0.2, 0.25) is 5.91 Å². The highest BCUT2D eigenvalue weighted by atomic mass is 35.5. The second-order valence-electron chi connectivity index (χ2n) is 9.68. The monoisotopic (exact) mass is 606 g/mol. The van der Waals surface area contributed by atoms with Gasteiger partial charge in [0.15, 0.2) is 0 Å². The molecule has 4 atom stereocenters. The Balaban J connectivity index is 1.75. The van der Waals surface area contributed by atoms with E-state index >= 15 is 0 Å². The molecule has 202 valence electrons. The van der Waals surface area contributed by atoms with Crippen molar-refractivity contribution in [1.29, 1.82) is 0 Å². The van der Waals surface area contributed by atoms with Crippen LogP contribution in [-0.4, -0.2) is 65.5 Å². The third kappa shape index (κ3) is 3.96. The minimum atomic E-state index is -3.28. The van der Waals surface area contributed by atoms with Crippen molar-refractivity contribution in [3.63, 3.8) is 0 Å². The maximum absolute atomic E-state index is 15.0. The summed E-state index contributed by atoms with van der Waals surface area (Å²) >= 11 is 24.8. The third-order valence-electron chi connectivity index (χ3n) is 7.47. The van der Waals surface area contributed by atoms with E-state index in [0.29, 0.717) is 0 Å². The number of benzene rings is 2. The number of carbonyl (C=O) groups excluding carboxylic acids is 3. The summed E-state index contributed by atoms with van der Waals surface area (Å²) in [7, 11) is 2.42. The first-order chi connectivity index (χ1) is 17.7. The van der Waals surface area contributed by atoms with Crippen molar-refractivity contribution in [2.75, 3.05) is 30.9 Å². The lowest BCUT2D eigenvalue weighted by molar-refractivity contribution is -0.171. The molecule has 3 aliphatic heterocycles. The molecule has 0 radical (unpaired) electrons. The number of hydroxylamine groups is 2. The van der Waals surface area contributed by atoms with Crippen molar-refractivity contribution in [2.24, 2.45) is 11.8 Å². The Kier molecular flexibility index (Phi) is 6.61. The predicted molar refractivity (Wildman–Crippen MR) is 138 cm³/mol. The first-order valence-electron chi connectivity index (χ1n) is 11.3. The average Bonchev–Trinajstić information content (AvgIpc) is 3.37. The molecule has 14 heteroatoms. The van der Waals surface area contributed by atoms with Crippen LogP contribution in [0.15, 0.2) is 30.3 Å². The molecule has 3 heterocycles. The van der Waals surface area contributed by atoms with Crippen molar-refractivity contribution >= 4 is 75.5 Å². The standard InChI is InChI=1S/C24H20Cl4F2N4O4/c1-32(13-4-10(25)3-11(26)5-13)20(35)17-16-8-23(29,30)9-34(16)24(18(17)21(36)33(2)38)14-6-12(27)7-15(28)19(14)31-22(24)37/h3-7,16-18,38H,8-9H2,1-2H3,(H,31,37)/t16-,17+,18+,24+/m1/s1. The van der Waals surface area contributed by atoms with Crippen LogP contribution in [0, 0.1) is 11.8 Å². The molecule has 1 spiro atoms. The number of nitrogens with zero attached hydrogens (tertiary/aromatic N) is 3. The van der Waals surface area contributed by atoms with E-state index < -0.39 is 60.0 Å². The fourth-order valence-electron chi connectivity index (χ4n) is 6.07. The van der Waals surface area contributed by atoms with Crippen molar-refractivity contribution < 1.29 is 28.4 Å². The summed E-state index contributed by atoms with van der Waals surface area (Å²) in [4.78, 5) is 43.8. The Morgan fingerprint density at radius 1 is 1.03 bits per heavy atom. The number of hydrogen-bond donors (Lipinski definition) is 2. The number of carbonyl (C=O) groups is 3. The normalized spacial score (nSPS) is 27.3. The highest BCUT2D eigenvalue weighted by Gasteiger charge is 2.74.